The van der Waals surface area contributed by atoms with E-state index in [0.29, 0.717) is 9.92 Å². The first-order valence-electron chi connectivity index (χ1n) is 7.07. The lowest BCUT2D eigenvalue weighted by atomic mass is 10.2. The number of imide groups is 1. The second kappa shape index (κ2) is 8.79. The van der Waals surface area contributed by atoms with Crippen LogP contribution < -0.4 is 10.0 Å². The van der Waals surface area contributed by atoms with Gasteiger partial charge in [-0.05, 0) is 50.4 Å². The maximum atomic E-state index is 12.2. The number of benzene rings is 1. The van der Waals surface area contributed by atoms with Crippen LogP contribution in [-0.2, 0) is 11.3 Å². The third-order valence-corrected chi connectivity index (χ3v) is 3.75. The van der Waals surface area contributed by atoms with Crippen molar-refractivity contribution in [1.82, 2.24) is 14.9 Å². The van der Waals surface area contributed by atoms with E-state index in [-0.39, 0.29) is 11.3 Å². The van der Waals surface area contributed by atoms with Crippen LogP contribution in [0.1, 0.15) is 26.3 Å². The largest absolute Gasteiger partial charge is 0.468 e. The van der Waals surface area contributed by atoms with Gasteiger partial charge in [0.15, 0.2) is 0 Å². The molecule has 4 amide bonds. The Labute approximate surface area is 150 Å². The first kappa shape index (κ1) is 20.1. The van der Waals surface area contributed by atoms with Crippen LogP contribution in [0.2, 0.25) is 5.02 Å². The number of hydrogen-bond donors (Lipinski definition) is 3. The van der Waals surface area contributed by atoms with Gasteiger partial charge in [0.25, 0.3) is 0 Å². The van der Waals surface area contributed by atoms with Crippen molar-refractivity contribution in [3.8, 4) is 0 Å². The van der Waals surface area contributed by atoms with Crippen molar-refractivity contribution in [2.45, 2.75) is 32.1 Å². The van der Waals surface area contributed by atoms with E-state index in [9.17, 15) is 9.59 Å². The lowest BCUT2D eigenvalue weighted by Crippen LogP contribution is -2.50. The van der Waals surface area contributed by atoms with Crippen LogP contribution in [0.4, 0.5) is 9.59 Å². The molecule has 0 aromatic heterocycles. The second-order valence-corrected chi connectivity index (χ2v) is 7.82. The van der Waals surface area contributed by atoms with Gasteiger partial charge in [-0.1, -0.05) is 23.7 Å². The van der Waals surface area contributed by atoms with Crippen molar-refractivity contribution in [2.24, 2.45) is 0 Å². The molecule has 0 bridgehead atoms. The van der Waals surface area contributed by atoms with Crippen LogP contribution in [0.25, 0.3) is 0 Å². The van der Waals surface area contributed by atoms with Gasteiger partial charge in [-0.3, -0.25) is 10.1 Å². The van der Waals surface area contributed by atoms with Gasteiger partial charge in [0.2, 0.25) is 0 Å². The van der Waals surface area contributed by atoms with Crippen molar-refractivity contribution in [3.05, 3.63) is 34.9 Å². The fraction of sp³-hybridized carbons (Fsp3) is 0.400. The predicted octanol–water partition coefficient (Wildman–Crippen LogP) is 3.59. The van der Waals surface area contributed by atoms with E-state index in [2.05, 4.69) is 10.0 Å². The molecule has 0 fully saturated rings. The second-order valence-electron chi connectivity index (χ2n) is 5.75. The summed E-state index contributed by atoms with van der Waals surface area (Å²) < 4.78 is 7.00. The van der Waals surface area contributed by atoms with E-state index >= 15 is 0 Å². The van der Waals surface area contributed by atoms with E-state index in [4.69, 9.17) is 21.7 Å². The number of nitrogens with zero attached hydrogens (tertiary/aromatic N) is 1. The van der Waals surface area contributed by atoms with Crippen LogP contribution >= 0.6 is 23.5 Å². The Morgan fingerprint density at radius 3 is 2.33 bits per heavy atom. The van der Waals surface area contributed by atoms with Gasteiger partial charge >= 0.3 is 18.1 Å². The summed E-state index contributed by atoms with van der Waals surface area (Å²) >= 11 is 6.95. The fourth-order valence-corrected chi connectivity index (χ4v) is 2.08. The molecule has 0 unspecified atom stereocenters. The van der Waals surface area contributed by atoms with E-state index in [1.807, 2.05) is 20.8 Å². The zero-order valence-electron chi connectivity index (χ0n) is 14.0. The number of amidine groups is 1. The highest BCUT2D eigenvalue weighted by Gasteiger charge is 2.28. The molecule has 0 saturated heterocycles. The van der Waals surface area contributed by atoms with Gasteiger partial charge in [0.1, 0.15) is 0 Å². The molecular weight excluding hydrogens is 352 g/mol. The van der Waals surface area contributed by atoms with Crippen molar-refractivity contribution in [2.75, 3.05) is 7.11 Å². The Kier molecular flexibility index (Phi) is 7.37. The van der Waals surface area contributed by atoms with Crippen molar-refractivity contribution < 1.29 is 14.3 Å². The van der Waals surface area contributed by atoms with Crippen LogP contribution in [0.15, 0.2) is 24.3 Å². The van der Waals surface area contributed by atoms with Crippen molar-refractivity contribution in [1.29, 1.82) is 5.41 Å². The summed E-state index contributed by atoms with van der Waals surface area (Å²) in [6.45, 7) is 5.91. The molecule has 0 aliphatic carbocycles. The Morgan fingerprint density at radius 2 is 1.83 bits per heavy atom. The smallest absolute Gasteiger partial charge is 0.343 e. The van der Waals surface area contributed by atoms with Gasteiger partial charge in [0, 0.05) is 16.3 Å². The van der Waals surface area contributed by atoms with E-state index < -0.39 is 18.1 Å². The minimum Gasteiger partial charge on any atom is -0.468 e. The summed E-state index contributed by atoms with van der Waals surface area (Å²) in [5.41, 5.74) is 0.807. The molecule has 3 N–H and O–H groups in total. The molecule has 132 valence electrons. The van der Waals surface area contributed by atoms with Crippen LogP contribution in [0, 0.1) is 5.41 Å². The number of carbonyl (C=O) groups excluding carboxylic acids is 2. The molecule has 1 aromatic rings. The Bertz CT molecular complexity index is 602. The summed E-state index contributed by atoms with van der Waals surface area (Å²) in [5.74, 6) is 0. The SMILES string of the molecule is COC(=N)N(C(=O)NCc1ccc(Cl)cc1)C(=O)NSC(C)(C)C. The number of ether oxygens (including phenoxy) is 1. The lowest BCUT2D eigenvalue weighted by molar-refractivity contribution is 0.197. The van der Waals surface area contributed by atoms with Gasteiger partial charge in [-0.2, -0.15) is 4.90 Å². The molecule has 0 aliphatic rings. The standard InChI is InChI=1S/C15H21ClN4O3S/c1-15(2,3)24-19-14(22)20(12(17)23-4)13(21)18-9-10-5-7-11(16)8-6-10/h5-8,17H,9H2,1-4H3,(H,18,21)(H,19,22). The topological polar surface area (TPSA) is 94.5 Å². The Morgan fingerprint density at radius 1 is 1.25 bits per heavy atom. The van der Waals surface area contributed by atoms with Gasteiger partial charge < -0.3 is 10.1 Å². The molecule has 7 nitrogen and oxygen atoms in total. The number of carbonyl (C=O) groups is 2. The summed E-state index contributed by atoms with van der Waals surface area (Å²) in [7, 11) is 1.21. The van der Waals surface area contributed by atoms with Gasteiger partial charge in [-0.15, -0.1) is 0 Å². The molecule has 1 rings (SSSR count). The fourth-order valence-electron chi connectivity index (χ4n) is 1.47. The number of urea groups is 2. The average molecular weight is 373 g/mol. The molecule has 0 atom stereocenters. The molecule has 0 spiro atoms. The van der Waals surface area contributed by atoms with E-state index in [0.717, 1.165) is 17.5 Å². The number of rotatable bonds is 3. The van der Waals surface area contributed by atoms with Crippen molar-refractivity contribution in [3.63, 3.8) is 0 Å². The van der Waals surface area contributed by atoms with Crippen LogP contribution in [0.5, 0.6) is 0 Å². The van der Waals surface area contributed by atoms with E-state index in [1.54, 1.807) is 24.3 Å². The highest BCUT2D eigenvalue weighted by Crippen LogP contribution is 2.19. The number of nitrogens with one attached hydrogen (secondary N) is 3. The summed E-state index contributed by atoms with van der Waals surface area (Å²) in [6.07, 6.45) is 0. The zero-order chi connectivity index (χ0) is 18.3. The third kappa shape index (κ3) is 6.67. The molecule has 0 saturated carbocycles. The number of halogens is 1. The molecule has 0 radical (unpaired) electrons. The Balaban J connectivity index is 2.72. The monoisotopic (exact) mass is 372 g/mol. The minimum atomic E-state index is -0.760. The molecule has 24 heavy (non-hydrogen) atoms. The summed E-state index contributed by atoms with van der Waals surface area (Å²) in [4.78, 5) is 25.0. The maximum absolute atomic E-state index is 12.2. The third-order valence-electron chi connectivity index (χ3n) is 2.60. The first-order chi connectivity index (χ1) is 11.1. The molecule has 0 aliphatic heterocycles. The average Bonchev–Trinajstić information content (AvgIpc) is 2.51. The summed E-state index contributed by atoms with van der Waals surface area (Å²) in [6, 6.07) is 4.82. The predicted molar refractivity (Wildman–Crippen MR) is 96.1 cm³/mol. The molecule has 1 aromatic carbocycles. The number of amides is 4. The highest BCUT2D eigenvalue weighted by molar-refractivity contribution is 7.99. The lowest BCUT2D eigenvalue weighted by Gasteiger charge is -2.23. The molecule has 0 heterocycles. The van der Waals surface area contributed by atoms with Gasteiger partial charge in [0.05, 0.1) is 7.11 Å². The number of hydrogen-bond acceptors (Lipinski definition) is 5. The van der Waals surface area contributed by atoms with Crippen molar-refractivity contribution >= 4 is 41.6 Å². The summed E-state index contributed by atoms with van der Waals surface area (Å²) in [5, 5.41) is 10.8. The van der Waals surface area contributed by atoms with Crippen LogP contribution in [0.3, 0.4) is 0 Å². The normalized spacial score (nSPS) is 10.7. The number of methoxy groups -OCH3 is 1. The van der Waals surface area contributed by atoms with E-state index in [1.165, 1.54) is 7.11 Å². The quantitative estimate of drug-likeness (QED) is 0.429. The molecular formula is C15H21ClN4O3S. The maximum Gasteiger partial charge on any atom is 0.343 e. The first-order valence-corrected chi connectivity index (χ1v) is 8.26. The van der Waals surface area contributed by atoms with Crippen LogP contribution in [-0.4, -0.2) is 34.8 Å². The molecule has 9 heteroatoms. The minimum absolute atomic E-state index is 0.184. The Hall–Kier alpha value is -1.93. The van der Waals surface area contributed by atoms with Gasteiger partial charge in [-0.25, -0.2) is 9.59 Å². The zero-order valence-corrected chi connectivity index (χ0v) is 15.5. The highest BCUT2D eigenvalue weighted by atomic mass is 35.5.